The summed E-state index contributed by atoms with van der Waals surface area (Å²) in [6.45, 7) is 2.20. The van der Waals surface area contributed by atoms with Crippen LogP contribution in [0.2, 0.25) is 0 Å². The zero-order valence-corrected chi connectivity index (χ0v) is 14.9. The molecule has 0 aromatic carbocycles. The summed E-state index contributed by atoms with van der Waals surface area (Å²) in [6.07, 6.45) is 17.1. The number of hydrogen-bond donors (Lipinski definition) is 1. The minimum absolute atomic E-state index is 0.0682. The molecule has 0 spiro atoms. The smallest absolute Gasteiger partial charge is 0.305 e. The Morgan fingerprint density at radius 1 is 0.818 bits per heavy atom. The molecule has 0 rings (SSSR count). The van der Waals surface area contributed by atoms with Crippen LogP contribution in [0.15, 0.2) is 0 Å². The number of carbonyl (C=O) groups is 1. The molecule has 0 heterocycles. The van der Waals surface area contributed by atoms with Gasteiger partial charge in [-0.3, -0.25) is 4.79 Å². The second kappa shape index (κ2) is 16.8. The molecular formula is C19H38O3. The Morgan fingerprint density at radius 3 is 1.77 bits per heavy atom. The van der Waals surface area contributed by atoms with E-state index in [0.29, 0.717) is 6.42 Å². The van der Waals surface area contributed by atoms with E-state index in [-0.39, 0.29) is 12.1 Å². The molecular weight excluding hydrogens is 276 g/mol. The highest BCUT2D eigenvalue weighted by molar-refractivity contribution is 5.68. The average molecular weight is 315 g/mol. The van der Waals surface area contributed by atoms with Crippen molar-refractivity contribution >= 4 is 5.97 Å². The topological polar surface area (TPSA) is 46.5 Å². The summed E-state index contributed by atoms with van der Waals surface area (Å²) in [6, 6.07) is 0. The summed E-state index contributed by atoms with van der Waals surface area (Å²) in [5, 5.41) is 9.82. The predicted octanol–water partition coefficient (Wildman–Crippen LogP) is 5.39. The van der Waals surface area contributed by atoms with Crippen molar-refractivity contribution in [2.24, 2.45) is 0 Å². The molecule has 0 aliphatic carbocycles. The maximum atomic E-state index is 10.9. The van der Waals surface area contributed by atoms with Gasteiger partial charge in [0.2, 0.25) is 0 Å². The van der Waals surface area contributed by atoms with Gasteiger partial charge in [-0.1, -0.05) is 77.6 Å². The number of methoxy groups -OCH3 is 1. The van der Waals surface area contributed by atoms with Crippen LogP contribution in [0.25, 0.3) is 0 Å². The number of aliphatic hydroxyl groups is 1. The van der Waals surface area contributed by atoms with Crippen molar-refractivity contribution in [3.8, 4) is 0 Å². The van der Waals surface area contributed by atoms with E-state index in [9.17, 15) is 9.90 Å². The second-order valence-electron chi connectivity index (χ2n) is 6.45. The molecule has 0 amide bonds. The van der Waals surface area contributed by atoms with E-state index >= 15 is 0 Å². The molecule has 1 atom stereocenters. The molecule has 0 radical (unpaired) electrons. The van der Waals surface area contributed by atoms with Crippen molar-refractivity contribution in [2.75, 3.05) is 7.11 Å². The van der Waals surface area contributed by atoms with E-state index in [0.717, 1.165) is 25.7 Å². The first-order valence-electron chi connectivity index (χ1n) is 9.45. The van der Waals surface area contributed by atoms with Crippen molar-refractivity contribution in [1.29, 1.82) is 0 Å². The molecule has 0 aliphatic heterocycles. The van der Waals surface area contributed by atoms with Crippen molar-refractivity contribution in [3.63, 3.8) is 0 Å². The Bertz CT molecular complexity index is 241. The highest BCUT2D eigenvalue weighted by Gasteiger charge is 2.03. The first-order valence-corrected chi connectivity index (χ1v) is 9.45. The molecule has 0 saturated heterocycles. The van der Waals surface area contributed by atoms with Gasteiger partial charge in [-0.15, -0.1) is 0 Å². The molecule has 1 N–H and O–H groups in total. The predicted molar refractivity (Wildman–Crippen MR) is 93.0 cm³/mol. The molecule has 22 heavy (non-hydrogen) atoms. The van der Waals surface area contributed by atoms with Gasteiger partial charge in [0, 0.05) is 6.42 Å². The third kappa shape index (κ3) is 15.8. The third-order valence-electron chi connectivity index (χ3n) is 4.29. The van der Waals surface area contributed by atoms with Crippen LogP contribution in [0.1, 0.15) is 103 Å². The Hall–Kier alpha value is -0.570. The highest BCUT2D eigenvalue weighted by Crippen LogP contribution is 2.14. The average Bonchev–Trinajstić information content (AvgIpc) is 2.52. The van der Waals surface area contributed by atoms with E-state index in [4.69, 9.17) is 0 Å². The van der Waals surface area contributed by atoms with Crippen LogP contribution in [0.5, 0.6) is 0 Å². The standard InChI is InChI=1S/C19H38O3/c1-3-4-12-15-18(20)16-13-10-8-6-5-7-9-11-14-17-19(21)22-2/h18,20H,3-17H2,1-2H3/t18-/m1/s1. The van der Waals surface area contributed by atoms with Gasteiger partial charge in [0.1, 0.15) is 0 Å². The number of ether oxygens (including phenoxy) is 1. The second-order valence-corrected chi connectivity index (χ2v) is 6.45. The maximum absolute atomic E-state index is 10.9. The summed E-state index contributed by atoms with van der Waals surface area (Å²) in [4.78, 5) is 10.9. The quantitative estimate of drug-likeness (QED) is 0.307. The number of carbonyl (C=O) groups excluding carboxylic acids is 1. The van der Waals surface area contributed by atoms with E-state index < -0.39 is 0 Å². The molecule has 0 aliphatic rings. The fraction of sp³-hybridized carbons (Fsp3) is 0.947. The number of hydrogen-bond acceptors (Lipinski definition) is 3. The molecule has 3 heteroatoms. The van der Waals surface area contributed by atoms with Crippen molar-refractivity contribution in [3.05, 3.63) is 0 Å². The summed E-state index contributed by atoms with van der Waals surface area (Å²) in [5.74, 6) is -0.0862. The molecule has 132 valence electrons. The summed E-state index contributed by atoms with van der Waals surface area (Å²) >= 11 is 0. The van der Waals surface area contributed by atoms with E-state index in [2.05, 4.69) is 11.7 Å². The van der Waals surface area contributed by atoms with Crippen LogP contribution in [-0.2, 0) is 9.53 Å². The van der Waals surface area contributed by atoms with Gasteiger partial charge >= 0.3 is 5.97 Å². The lowest BCUT2D eigenvalue weighted by Crippen LogP contribution is -2.05. The molecule has 0 aromatic heterocycles. The molecule has 0 unspecified atom stereocenters. The summed E-state index contributed by atoms with van der Waals surface area (Å²) in [7, 11) is 1.45. The Kier molecular flexibility index (Phi) is 16.4. The van der Waals surface area contributed by atoms with Crippen LogP contribution >= 0.6 is 0 Å². The number of rotatable bonds is 16. The molecule has 0 fully saturated rings. The van der Waals surface area contributed by atoms with Crippen LogP contribution in [-0.4, -0.2) is 24.3 Å². The van der Waals surface area contributed by atoms with Gasteiger partial charge in [0.25, 0.3) is 0 Å². The van der Waals surface area contributed by atoms with Gasteiger partial charge in [-0.05, 0) is 19.3 Å². The number of unbranched alkanes of at least 4 members (excludes halogenated alkanes) is 10. The number of aliphatic hydroxyl groups excluding tert-OH is 1. The first-order chi connectivity index (χ1) is 10.7. The van der Waals surface area contributed by atoms with Gasteiger partial charge in [-0.25, -0.2) is 0 Å². The Balaban J connectivity index is 3.12. The third-order valence-corrected chi connectivity index (χ3v) is 4.29. The van der Waals surface area contributed by atoms with Gasteiger partial charge in [0.15, 0.2) is 0 Å². The highest BCUT2D eigenvalue weighted by atomic mass is 16.5. The van der Waals surface area contributed by atoms with Crippen LogP contribution < -0.4 is 0 Å². The van der Waals surface area contributed by atoms with Gasteiger partial charge in [-0.2, -0.15) is 0 Å². The minimum atomic E-state index is -0.0862. The van der Waals surface area contributed by atoms with E-state index in [1.807, 2.05) is 0 Å². The van der Waals surface area contributed by atoms with Crippen molar-refractivity contribution < 1.29 is 14.6 Å². The van der Waals surface area contributed by atoms with Crippen molar-refractivity contribution in [2.45, 2.75) is 109 Å². The van der Waals surface area contributed by atoms with Gasteiger partial charge in [0.05, 0.1) is 13.2 Å². The maximum Gasteiger partial charge on any atom is 0.305 e. The van der Waals surface area contributed by atoms with Crippen molar-refractivity contribution in [1.82, 2.24) is 0 Å². The fourth-order valence-electron chi connectivity index (χ4n) is 2.76. The first kappa shape index (κ1) is 21.4. The van der Waals surface area contributed by atoms with Crippen LogP contribution in [0.3, 0.4) is 0 Å². The Morgan fingerprint density at radius 2 is 1.27 bits per heavy atom. The van der Waals surface area contributed by atoms with Crippen LogP contribution in [0, 0.1) is 0 Å². The molecule has 3 nitrogen and oxygen atoms in total. The fourth-order valence-corrected chi connectivity index (χ4v) is 2.76. The molecule has 0 bridgehead atoms. The van der Waals surface area contributed by atoms with Crippen LogP contribution in [0.4, 0.5) is 0 Å². The van der Waals surface area contributed by atoms with Gasteiger partial charge < -0.3 is 9.84 Å². The lowest BCUT2D eigenvalue weighted by Gasteiger charge is -2.09. The number of esters is 1. The largest absolute Gasteiger partial charge is 0.469 e. The van der Waals surface area contributed by atoms with E-state index in [1.54, 1.807) is 0 Å². The summed E-state index contributed by atoms with van der Waals surface area (Å²) in [5.41, 5.74) is 0. The SMILES string of the molecule is CCCCC[C@@H](O)CCCCCCCCCCCC(=O)OC. The molecule has 0 aromatic rings. The molecule has 0 saturated carbocycles. The monoisotopic (exact) mass is 314 g/mol. The summed E-state index contributed by atoms with van der Waals surface area (Å²) < 4.78 is 4.62. The van der Waals surface area contributed by atoms with E-state index in [1.165, 1.54) is 71.3 Å². The minimum Gasteiger partial charge on any atom is -0.469 e. The normalized spacial score (nSPS) is 12.3. The zero-order valence-electron chi connectivity index (χ0n) is 14.9. The Labute approximate surface area is 137 Å². The lowest BCUT2D eigenvalue weighted by molar-refractivity contribution is -0.140. The zero-order chi connectivity index (χ0) is 16.5. The lowest BCUT2D eigenvalue weighted by atomic mass is 10.0.